The van der Waals surface area contributed by atoms with Crippen molar-refractivity contribution in [1.82, 2.24) is 0 Å². The van der Waals surface area contributed by atoms with Gasteiger partial charge in [-0.25, -0.2) is 0 Å². The summed E-state index contributed by atoms with van der Waals surface area (Å²) in [6.45, 7) is 15.0. The van der Waals surface area contributed by atoms with Gasteiger partial charge in [-0.15, -0.1) is 6.58 Å². The van der Waals surface area contributed by atoms with Crippen molar-refractivity contribution in [3.05, 3.63) is 12.7 Å². The second kappa shape index (κ2) is 7.07. The summed E-state index contributed by atoms with van der Waals surface area (Å²) >= 11 is 0. The number of allylic oxidation sites excluding steroid dienone is 1. The number of hydrogen-bond donors (Lipinski definition) is 0. The van der Waals surface area contributed by atoms with Crippen LogP contribution in [0.5, 0.6) is 0 Å². The summed E-state index contributed by atoms with van der Waals surface area (Å²) in [5, 5.41) is 0. The van der Waals surface area contributed by atoms with Gasteiger partial charge in [0, 0.05) is 8.07 Å². The summed E-state index contributed by atoms with van der Waals surface area (Å²) in [5.41, 5.74) is 0. The largest absolute Gasteiger partial charge is 0.103 e. The zero-order chi connectivity index (χ0) is 8.62. The van der Waals surface area contributed by atoms with Crippen molar-refractivity contribution in [2.45, 2.75) is 46.0 Å². The Bertz CT molecular complexity index is 69.3. The maximum Gasteiger partial charge on any atom is 0.0439 e. The number of hydrogen-bond acceptors (Lipinski definition) is 0. The van der Waals surface area contributed by atoms with Gasteiger partial charge in [-0.1, -0.05) is 45.6 Å². The third kappa shape index (κ3) is 24.6. The van der Waals surface area contributed by atoms with E-state index in [-0.39, 0.29) is 0 Å². The van der Waals surface area contributed by atoms with Crippen molar-refractivity contribution in [2.24, 2.45) is 0 Å². The molecule has 0 aromatic rings. The van der Waals surface area contributed by atoms with Gasteiger partial charge in [0.05, 0.1) is 0 Å². The molecule has 0 aromatic carbocycles. The van der Waals surface area contributed by atoms with Crippen molar-refractivity contribution >= 4 is 8.07 Å². The second-order valence-corrected chi connectivity index (χ2v) is 9.44. The van der Waals surface area contributed by atoms with Crippen LogP contribution in [0.1, 0.15) is 20.3 Å². The summed E-state index contributed by atoms with van der Waals surface area (Å²) in [6, 6.07) is 1.41. The monoisotopic (exact) mass is 158 g/mol. The molecule has 0 nitrogen and oxygen atoms in total. The lowest BCUT2D eigenvalue weighted by atomic mass is 10.5. The van der Waals surface area contributed by atoms with Gasteiger partial charge in [-0.3, -0.25) is 0 Å². The average Bonchev–Trinajstić information content (AvgIpc) is 1.87. The highest BCUT2D eigenvalue weighted by Gasteiger charge is 2.06. The summed E-state index contributed by atoms with van der Waals surface area (Å²) in [5.74, 6) is 0. The molecule has 0 radical (unpaired) electrons. The normalized spacial score (nSPS) is 9.70. The van der Waals surface area contributed by atoms with Crippen molar-refractivity contribution < 1.29 is 0 Å². The van der Waals surface area contributed by atoms with Gasteiger partial charge in [0.15, 0.2) is 0 Å². The van der Waals surface area contributed by atoms with Crippen LogP contribution in [-0.4, -0.2) is 8.07 Å². The van der Waals surface area contributed by atoms with Gasteiger partial charge >= 0.3 is 0 Å². The average molecular weight is 158 g/mol. The summed E-state index contributed by atoms with van der Waals surface area (Å²) in [7, 11) is -0.631. The van der Waals surface area contributed by atoms with E-state index in [2.05, 4.69) is 40.1 Å². The second-order valence-electron chi connectivity index (χ2n) is 3.61. The van der Waals surface area contributed by atoms with Crippen LogP contribution >= 0.6 is 0 Å². The van der Waals surface area contributed by atoms with E-state index in [1.165, 1.54) is 6.04 Å². The Morgan fingerprint density at radius 3 is 1.40 bits per heavy atom. The lowest BCUT2D eigenvalue weighted by Crippen LogP contribution is -2.16. The molecule has 0 unspecified atom stereocenters. The SMILES string of the molecule is C=CCC.CC[Si](C)(C)C. The van der Waals surface area contributed by atoms with Gasteiger partial charge in [-0.2, -0.15) is 0 Å². The van der Waals surface area contributed by atoms with Crippen molar-refractivity contribution in [3.8, 4) is 0 Å². The molecule has 0 heterocycles. The van der Waals surface area contributed by atoms with Crippen molar-refractivity contribution in [1.29, 1.82) is 0 Å². The summed E-state index contributed by atoms with van der Waals surface area (Å²) < 4.78 is 0. The number of rotatable bonds is 2. The zero-order valence-electron chi connectivity index (χ0n) is 8.20. The zero-order valence-corrected chi connectivity index (χ0v) is 9.20. The molecule has 0 amide bonds. The molecule has 0 rings (SSSR count). The first-order valence-electron chi connectivity index (χ1n) is 4.08. The van der Waals surface area contributed by atoms with Crippen LogP contribution in [0.4, 0.5) is 0 Å². The van der Waals surface area contributed by atoms with E-state index in [4.69, 9.17) is 0 Å². The van der Waals surface area contributed by atoms with Gasteiger partial charge < -0.3 is 0 Å². The van der Waals surface area contributed by atoms with E-state index < -0.39 is 8.07 Å². The van der Waals surface area contributed by atoms with E-state index in [1.54, 1.807) is 0 Å². The highest BCUT2D eigenvalue weighted by Crippen LogP contribution is 2.04. The van der Waals surface area contributed by atoms with Crippen LogP contribution in [0.3, 0.4) is 0 Å². The Morgan fingerprint density at radius 1 is 1.20 bits per heavy atom. The van der Waals surface area contributed by atoms with Crippen molar-refractivity contribution in [3.63, 3.8) is 0 Å². The van der Waals surface area contributed by atoms with Crippen LogP contribution in [0.2, 0.25) is 25.7 Å². The molecule has 0 saturated carbocycles. The Kier molecular flexibility index (Phi) is 8.92. The lowest BCUT2D eigenvalue weighted by Gasteiger charge is -2.09. The van der Waals surface area contributed by atoms with E-state index in [0.29, 0.717) is 0 Å². The maximum absolute atomic E-state index is 3.48. The molecule has 0 fully saturated rings. The Balaban J connectivity index is 0. The van der Waals surface area contributed by atoms with Gasteiger partial charge in [0.25, 0.3) is 0 Å². The minimum atomic E-state index is -0.631. The fourth-order valence-electron chi connectivity index (χ4n) is 0. The predicted octanol–water partition coefficient (Wildman–Crippen LogP) is 3.93. The third-order valence-electron chi connectivity index (χ3n) is 1.35. The van der Waals surface area contributed by atoms with Crippen LogP contribution in [0, 0.1) is 0 Å². The fraction of sp³-hybridized carbons (Fsp3) is 0.778. The van der Waals surface area contributed by atoms with E-state index in [1.807, 2.05) is 6.08 Å². The molecule has 0 aromatic heterocycles. The van der Waals surface area contributed by atoms with E-state index in [0.717, 1.165) is 6.42 Å². The van der Waals surface area contributed by atoms with E-state index >= 15 is 0 Å². The smallest absolute Gasteiger partial charge is 0.0439 e. The summed E-state index contributed by atoms with van der Waals surface area (Å²) in [4.78, 5) is 0. The molecule has 0 aliphatic heterocycles. The fourth-order valence-corrected chi connectivity index (χ4v) is 0. The standard InChI is InChI=1S/C5H14Si.C4H8/c1-5-6(2,3)4;1-3-4-2/h5H2,1-4H3;3H,1,4H2,2H3. The molecule has 0 aliphatic carbocycles. The maximum atomic E-state index is 3.48. The van der Waals surface area contributed by atoms with Gasteiger partial charge in [0.1, 0.15) is 0 Å². The molecule has 0 bridgehead atoms. The van der Waals surface area contributed by atoms with Gasteiger partial charge in [-0.05, 0) is 6.42 Å². The topological polar surface area (TPSA) is 0 Å². The lowest BCUT2D eigenvalue weighted by molar-refractivity contribution is 1.23. The molecule has 62 valence electrons. The van der Waals surface area contributed by atoms with Crippen LogP contribution < -0.4 is 0 Å². The van der Waals surface area contributed by atoms with Crippen LogP contribution in [0.25, 0.3) is 0 Å². The minimum Gasteiger partial charge on any atom is -0.103 e. The Morgan fingerprint density at radius 2 is 1.40 bits per heavy atom. The van der Waals surface area contributed by atoms with Crippen LogP contribution in [0.15, 0.2) is 12.7 Å². The van der Waals surface area contributed by atoms with Crippen LogP contribution in [-0.2, 0) is 0 Å². The molecular weight excluding hydrogens is 136 g/mol. The third-order valence-corrected chi connectivity index (χ3v) is 3.47. The first-order valence-corrected chi connectivity index (χ1v) is 7.79. The van der Waals surface area contributed by atoms with E-state index in [9.17, 15) is 0 Å². The molecule has 0 atom stereocenters. The van der Waals surface area contributed by atoms with Crippen molar-refractivity contribution in [2.75, 3.05) is 0 Å². The minimum absolute atomic E-state index is 0.631. The first kappa shape index (κ1) is 12.6. The quantitative estimate of drug-likeness (QED) is 0.422. The predicted molar refractivity (Wildman–Crippen MR) is 54.3 cm³/mol. The molecule has 1 heteroatoms. The highest BCUT2D eigenvalue weighted by atomic mass is 28.3. The molecular formula is C9H22Si. The molecule has 0 N–H and O–H groups in total. The molecule has 0 aliphatic rings. The Labute approximate surface area is 67.4 Å². The van der Waals surface area contributed by atoms with Gasteiger partial charge in [0.2, 0.25) is 0 Å². The highest BCUT2D eigenvalue weighted by molar-refractivity contribution is 6.75. The molecule has 0 saturated heterocycles. The summed E-state index contributed by atoms with van der Waals surface area (Å²) in [6.07, 6.45) is 2.96. The molecule has 10 heavy (non-hydrogen) atoms. The molecule has 0 spiro atoms. The Hall–Kier alpha value is -0.0431. The first-order chi connectivity index (χ1) is 4.47.